The molecule has 3 rings (SSSR count). The maximum Gasteiger partial charge on any atom is 0.233 e. The number of nitrogens with one attached hydrogen (secondary N) is 2. The largest absolute Gasteiger partial charge is 0.325 e. The van der Waals surface area contributed by atoms with Crippen LogP contribution in [-0.4, -0.2) is 12.5 Å². The fourth-order valence-corrected chi connectivity index (χ4v) is 2.69. The maximum atomic E-state index is 13.5. The van der Waals surface area contributed by atoms with Gasteiger partial charge in [0.25, 0.3) is 0 Å². The molecule has 21 heavy (non-hydrogen) atoms. The lowest BCUT2D eigenvalue weighted by Gasteiger charge is -2.25. The first-order valence-corrected chi connectivity index (χ1v) is 7.01. The number of carbonyl (C=O) groups excluding carboxylic acids is 1. The van der Waals surface area contributed by atoms with Crippen LogP contribution in [0.15, 0.2) is 42.5 Å². The molecule has 0 saturated heterocycles. The number of anilines is 1. The summed E-state index contributed by atoms with van der Waals surface area (Å²) in [5, 5.41) is 6.09. The third kappa shape index (κ3) is 2.67. The molecule has 1 aliphatic heterocycles. The van der Waals surface area contributed by atoms with E-state index in [0.717, 1.165) is 17.7 Å². The number of fused-ring (bicyclic) bond motifs is 1. The van der Waals surface area contributed by atoms with Crippen molar-refractivity contribution in [2.45, 2.75) is 19.4 Å². The highest BCUT2D eigenvalue weighted by Crippen LogP contribution is 2.26. The molecule has 0 bridgehead atoms. The van der Waals surface area contributed by atoms with Crippen molar-refractivity contribution in [1.82, 2.24) is 5.32 Å². The van der Waals surface area contributed by atoms with E-state index in [0.29, 0.717) is 17.8 Å². The Labute approximate surface area is 123 Å². The molecule has 0 saturated carbocycles. The van der Waals surface area contributed by atoms with Gasteiger partial charge in [-0.25, -0.2) is 4.39 Å². The fraction of sp³-hybridized carbons (Fsp3) is 0.235. The highest BCUT2D eigenvalue weighted by atomic mass is 19.1. The van der Waals surface area contributed by atoms with Crippen molar-refractivity contribution >= 4 is 11.6 Å². The standard InChI is InChI=1S/C17H17FN2O/c1-11-15(18)7-4-8-16(11)20-17(21)14-10-19-9-12-5-2-3-6-13(12)14/h2-8,14,19H,9-10H2,1H3,(H,20,21). The van der Waals surface area contributed by atoms with Crippen molar-refractivity contribution in [3.63, 3.8) is 0 Å². The summed E-state index contributed by atoms with van der Waals surface area (Å²) in [6, 6.07) is 12.6. The van der Waals surface area contributed by atoms with Gasteiger partial charge in [-0.1, -0.05) is 30.3 Å². The Hall–Kier alpha value is -2.20. The van der Waals surface area contributed by atoms with E-state index in [-0.39, 0.29) is 17.6 Å². The molecule has 1 aliphatic rings. The van der Waals surface area contributed by atoms with Crippen LogP contribution in [0, 0.1) is 12.7 Å². The van der Waals surface area contributed by atoms with Crippen LogP contribution in [0.3, 0.4) is 0 Å². The van der Waals surface area contributed by atoms with Crippen LogP contribution in [0.4, 0.5) is 10.1 Å². The molecule has 0 aliphatic carbocycles. The minimum absolute atomic E-state index is 0.108. The molecule has 1 heterocycles. The zero-order chi connectivity index (χ0) is 14.8. The molecule has 0 fully saturated rings. The highest BCUT2D eigenvalue weighted by molar-refractivity contribution is 5.97. The molecule has 108 valence electrons. The van der Waals surface area contributed by atoms with Gasteiger partial charge in [0.1, 0.15) is 5.82 Å². The van der Waals surface area contributed by atoms with Crippen molar-refractivity contribution in [3.05, 3.63) is 65.0 Å². The first kappa shape index (κ1) is 13.8. The van der Waals surface area contributed by atoms with Gasteiger partial charge in [-0.05, 0) is 30.2 Å². The van der Waals surface area contributed by atoms with Crippen LogP contribution >= 0.6 is 0 Å². The number of hydrogen-bond acceptors (Lipinski definition) is 2. The number of hydrogen-bond donors (Lipinski definition) is 2. The second kappa shape index (κ2) is 5.66. The van der Waals surface area contributed by atoms with Gasteiger partial charge in [0.05, 0.1) is 5.92 Å². The van der Waals surface area contributed by atoms with E-state index >= 15 is 0 Å². The number of amides is 1. The molecule has 0 aromatic heterocycles. The van der Waals surface area contributed by atoms with Crippen LogP contribution < -0.4 is 10.6 Å². The topological polar surface area (TPSA) is 41.1 Å². The summed E-state index contributed by atoms with van der Waals surface area (Å²) in [5.74, 6) is -0.670. The summed E-state index contributed by atoms with van der Waals surface area (Å²) in [6.45, 7) is 3.04. The monoisotopic (exact) mass is 284 g/mol. The van der Waals surface area contributed by atoms with E-state index in [1.54, 1.807) is 19.1 Å². The molecule has 1 unspecified atom stereocenters. The van der Waals surface area contributed by atoms with Crippen molar-refractivity contribution in [3.8, 4) is 0 Å². The highest BCUT2D eigenvalue weighted by Gasteiger charge is 2.26. The van der Waals surface area contributed by atoms with Crippen molar-refractivity contribution in [2.75, 3.05) is 11.9 Å². The van der Waals surface area contributed by atoms with E-state index in [2.05, 4.69) is 10.6 Å². The van der Waals surface area contributed by atoms with Crippen LogP contribution in [0.25, 0.3) is 0 Å². The summed E-state index contributed by atoms with van der Waals surface area (Å²) >= 11 is 0. The number of benzene rings is 2. The summed E-state index contributed by atoms with van der Waals surface area (Å²) in [7, 11) is 0. The lowest BCUT2D eigenvalue weighted by molar-refractivity contribution is -0.117. The van der Waals surface area contributed by atoms with E-state index in [1.165, 1.54) is 6.07 Å². The van der Waals surface area contributed by atoms with E-state index in [4.69, 9.17) is 0 Å². The van der Waals surface area contributed by atoms with Gasteiger partial charge >= 0.3 is 0 Å². The van der Waals surface area contributed by atoms with Crippen molar-refractivity contribution in [2.24, 2.45) is 0 Å². The van der Waals surface area contributed by atoms with Crippen molar-refractivity contribution < 1.29 is 9.18 Å². The Morgan fingerprint density at radius 2 is 2.05 bits per heavy atom. The SMILES string of the molecule is Cc1c(F)cccc1NC(=O)C1CNCc2ccccc21. The maximum absolute atomic E-state index is 13.5. The predicted molar refractivity (Wildman–Crippen MR) is 80.7 cm³/mol. The number of rotatable bonds is 2. The normalized spacial score (nSPS) is 17.1. The first-order valence-electron chi connectivity index (χ1n) is 7.01. The van der Waals surface area contributed by atoms with Gasteiger partial charge in [0.2, 0.25) is 5.91 Å². The van der Waals surface area contributed by atoms with Gasteiger partial charge in [0.15, 0.2) is 0 Å². The van der Waals surface area contributed by atoms with Gasteiger partial charge < -0.3 is 10.6 Å². The molecule has 1 amide bonds. The minimum atomic E-state index is -0.310. The molecular formula is C17H17FN2O. The Balaban J connectivity index is 1.85. The molecule has 4 heteroatoms. The van der Waals surface area contributed by atoms with E-state index in [9.17, 15) is 9.18 Å². The second-order valence-corrected chi connectivity index (χ2v) is 5.28. The van der Waals surface area contributed by atoms with Gasteiger partial charge in [-0.2, -0.15) is 0 Å². The average molecular weight is 284 g/mol. The van der Waals surface area contributed by atoms with Crippen LogP contribution in [-0.2, 0) is 11.3 Å². The van der Waals surface area contributed by atoms with E-state index in [1.807, 2.05) is 24.3 Å². The average Bonchev–Trinajstić information content (AvgIpc) is 2.51. The Bertz CT molecular complexity index is 684. The molecule has 3 nitrogen and oxygen atoms in total. The van der Waals surface area contributed by atoms with Crippen LogP contribution in [0.5, 0.6) is 0 Å². The third-order valence-corrected chi connectivity index (χ3v) is 3.94. The zero-order valence-corrected chi connectivity index (χ0v) is 11.8. The smallest absolute Gasteiger partial charge is 0.233 e. The second-order valence-electron chi connectivity index (χ2n) is 5.28. The molecule has 2 N–H and O–H groups in total. The summed E-state index contributed by atoms with van der Waals surface area (Å²) < 4.78 is 13.5. The quantitative estimate of drug-likeness (QED) is 0.890. The van der Waals surface area contributed by atoms with Gasteiger partial charge in [0, 0.05) is 24.3 Å². The summed E-state index contributed by atoms with van der Waals surface area (Å²) in [6.07, 6.45) is 0. The molecule has 0 radical (unpaired) electrons. The molecule has 1 atom stereocenters. The molecule has 0 spiro atoms. The van der Waals surface area contributed by atoms with E-state index < -0.39 is 0 Å². The Morgan fingerprint density at radius 1 is 1.24 bits per heavy atom. The predicted octanol–water partition coefficient (Wildman–Crippen LogP) is 2.96. The lowest BCUT2D eigenvalue weighted by atomic mass is 9.90. The van der Waals surface area contributed by atoms with Gasteiger partial charge in [-0.15, -0.1) is 0 Å². The Morgan fingerprint density at radius 3 is 2.90 bits per heavy atom. The number of halogens is 1. The summed E-state index contributed by atoms with van der Waals surface area (Å²) in [5.41, 5.74) is 3.17. The molecular weight excluding hydrogens is 267 g/mol. The summed E-state index contributed by atoms with van der Waals surface area (Å²) in [4.78, 5) is 12.5. The van der Waals surface area contributed by atoms with Gasteiger partial charge in [-0.3, -0.25) is 4.79 Å². The fourth-order valence-electron chi connectivity index (χ4n) is 2.69. The van der Waals surface area contributed by atoms with Crippen molar-refractivity contribution in [1.29, 1.82) is 0 Å². The van der Waals surface area contributed by atoms with Crippen LogP contribution in [0.1, 0.15) is 22.6 Å². The lowest BCUT2D eigenvalue weighted by Crippen LogP contribution is -2.35. The first-order chi connectivity index (χ1) is 10.2. The third-order valence-electron chi connectivity index (χ3n) is 3.94. The number of carbonyl (C=O) groups is 1. The Kier molecular flexibility index (Phi) is 3.71. The van der Waals surface area contributed by atoms with Crippen LogP contribution in [0.2, 0.25) is 0 Å². The molecule has 2 aromatic carbocycles. The zero-order valence-electron chi connectivity index (χ0n) is 11.8. The minimum Gasteiger partial charge on any atom is -0.325 e. The molecule has 2 aromatic rings.